The molecule has 11 nitrogen and oxygen atoms in total. The minimum absolute atomic E-state index is 0.281. The summed E-state index contributed by atoms with van der Waals surface area (Å²) in [5.74, 6) is 2.00. The summed E-state index contributed by atoms with van der Waals surface area (Å²) in [6.45, 7) is 0. The number of nitrogens with one attached hydrogen (secondary N) is 2. The van der Waals surface area contributed by atoms with Crippen molar-refractivity contribution in [3.8, 4) is 23.0 Å². The van der Waals surface area contributed by atoms with E-state index in [4.69, 9.17) is 13.9 Å². The van der Waals surface area contributed by atoms with Gasteiger partial charge in [-0.25, -0.2) is 5.10 Å². The van der Waals surface area contributed by atoms with Crippen LogP contribution < -0.4 is 20.3 Å². The van der Waals surface area contributed by atoms with Gasteiger partial charge in [0.15, 0.2) is 5.76 Å². The summed E-state index contributed by atoms with van der Waals surface area (Å²) in [7, 11) is 3.14. The van der Waals surface area contributed by atoms with Gasteiger partial charge in [0.05, 0.1) is 20.5 Å². The molecule has 11 heteroatoms. The smallest absolute Gasteiger partial charge is 0.288 e. The van der Waals surface area contributed by atoms with Gasteiger partial charge in [-0.2, -0.15) is 9.78 Å². The second-order valence-electron chi connectivity index (χ2n) is 6.25. The van der Waals surface area contributed by atoms with E-state index in [1.54, 1.807) is 43.2 Å². The summed E-state index contributed by atoms with van der Waals surface area (Å²) >= 11 is 0. The van der Waals surface area contributed by atoms with Crippen molar-refractivity contribution in [3.05, 3.63) is 58.1 Å². The molecule has 3 aromatic heterocycles. The fourth-order valence-corrected chi connectivity index (χ4v) is 3.48. The number of rotatable bonds is 4. The van der Waals surface area contributed by atoms with Crippen LogP contribution in [0, 0.1) is 0 Å². The van der Waals surface area contributed by atoms with Gasteiger partial charge in [0.1, 0.15) is 28.9 Å². The average Bonchev–Trinajstić information content (AvgIpc) is 3.44. The van der Waals surface area contributed by atoms with E-state index in [-0.39, 0.29) is 5.69 Å². The van der Waals surface area contributed by atoms with Gasteiger partial charge >= 0.3 is 0 Å². The number of aromatic amines is 1. The second kappa shape index (κ2) is 6.48. The number of hydrogen-bond donors (Lipinski definition) is 2. The third-order valence-corrected chi connectivity index (χ3v) is 4.75. The molecule has 0 unspecified atom stereocenters. The number of benzene rings is 1. The SMILES string of the molecule is COc1ccc(OC)c([C@H]2c3c(-c4ccco4)n[nH]c(=O)c3Nc3nnnn32)c1. The van der Waals surface area contributed by atoms with Gasteiger partial charge in [-0.3, -0.25) is 4.79 Å². The fourth-order valence-electron chi connectivity index (χ4n) is 3.48. The Hall–Kier alpha value is -4.15. The number of ether oxygens (including phenoxy) is 2. The Morgan fingerprint density at radius 1 is 1.21 bits per heavy atom. The number of H-pyrrole nitrogens is 1. The van der Waals surface area contributed by atoms with Crippen molar-refractivity contribution < 1.29 is 13.9 Å². The zero-order valence-electron chi connectivity index (χ0n) is 15.4. The molecule has 0 spiro atoms. The summed E-state index contributed by atoms with van der Waals surface area (Å²) in [5.41, 5.74) is 1.58. The molecular formula is C18H15N7O4. The average molecular weight is 393 g/mol. The first kappa shape index (κ1) is 17.0. The van der Waals surface area contributed by atoms with Gasteiger partial charge in [0.25, 0.3) is 5.56 Å². The summed E-state index contributed by atoms with van der Waals surface area (Å²) in [6, 6.07) is 8.28. The molecule has 1 atom stereocenters. The maximum atomic E-state index is 12.6. The Morgan fingerprint density at radius 3 is 2.86 bits per heavy atom. The highest BCUT2D eigenvalue weighted by Gasteiger charge is 2.36. The molecule has 29 heavy (non-hydrogen) atoms. The van der Waals surface area contributed by atoms with Crippen LogP contribution in [0.4, 0.5) is 11.6 Å². The first-order valence-corrected chi connectivity index (χ1v) is 8.64. The fraction of sp³-hybridized carbons (Fsp3) is 0.167. The second-order valence-corrected chi connectivity index (χ2v) is 6.25. The van der Waals surface area contributed by atoms with Crippen molar-refractivity contribution in [2.75, 3.05) is 19.5 Å². The van der Waals surface area contributed by atoms with Crippen molar-refractivity contribution in [1.82, 2.24) is 30.4 Å². The van der Waals surface area contributed by atoms with Crippen molar-refractivity contribution in [2.45, 2.75) is 6.04 Å². The third kappa shape index (κ3) is 2.55. The molecule has 0 amide bonds. The number of tetrazole rings is 1. The Balaban J connectivity index is 1.86. The minimum Gasteiger partial charge on any atom is -0.497 e. The number of fused-ring (bicyclic) bond motifs is 2. The van der Waals surface area contributed by atoms with Gasteiger partial charge in [-0.15, -0.1) is 0 Å². The van der Waals surface area contributed by atoms with Crippen LogP contribution in [-0.2, 0) is 0 Å². The molecule has 0 aliphatic carbocycles. The first-order chi connectivity index (χ1) is 14.2. The lowest BCUT2D eigenvalue weighted by Crippen LogP contribution is -2.29. The molecule has 1 aromatic carbocycles. The molecule has 0 bridgehead atoms. The Morgan fingerprint density at radius 2 is 2.10 bits per heavy atom. The first-order valence-electron chi connectivity index (χ1n) is 8.64. The van der Waals surface area contributed by atoms with Crippen LogP contribution in [0.5, 0.6) is 11.5 Å². The zero-order chi connectivity index (χ0) is 20.0. The molecule has 0 fully saturated rings. The van der Waals surface area contributed by atoms with E-state index in [1.807, 2.05) is 6.07 Å². The van der Waals surface area contributed by atoms with Crippen LogP contribution in [0.25, 0.3) is 11.5 Å². The Labute approximate surface area is 163 Å². The van der Waals surface area contributed by atoms with E-state index >= 15 is 0 Å². The zero-order valence-corrected chi connectivity index (χ0v) is 15.4. The van der Waals surface area contributed by atoms with Gasteiger partial charge in [-0.1, -0.05) is 5.10 Å². The molecule has 146 valence electrons. The third-order valence-electron chi connectivity index (χ3n) is 4.75. The normalized spacial score (nSPS) is 14.6. The van der Waals surface area contributed by atoms with Crippen molar-refractivity contribution in [1.29, 1.82) is 0 Å². The summed E-state index contributed by atoms with van der Waals surface area (Å²) in [6.07, 6.45) is 1.54. The van der Waals surface area contributed by atoms with Crippen LogP contribution >= 0.6 is 0 Å². The lowest BCUT2D eigenvalue weighted by Gasteiger charge is -2.28. The van der Waals surface area contributed by atoms with Crippen molar-refractivity contribution in [3.63, 3.8) is 0 Å². The molecule has 2 N–H and O–H groups in total. The van der Waals surface area contributed by atoms with Gasteiger partial charge in [0, 0.05) is 11.1 Å². The van der Waals surface area contributed by atoms with E-state index in [0.717, 1.165) is 0 Å². The van der Waals surface area contributed by atoms with E-state index in [2.05, 4.69) is 31.0 Å². The van der Waals surface area contributed by atoms with Crippen molar-refractivity contribution in [2.24, 2.45) is 0 Å². The molecule has 1 aliphatic rings. The van der Waals surface area contributed by atoms with E-state index < -0.39 is 11.6 Å². The lowest BCUT2D eigenvalue weighted by atomic mass is 9.93. The quantitative estimate of drug-likeness (QED) is 0.468. The Kier molecular flexibility index (Phi) is 3.79. The summed E-state index contributed by atoms with van der Waals surface area (Å²) in [4.78, 5) is 12.6. The highest BCUT2D eigenvalue weighted by molar-refractivity contribution is 5.74. The van der Waals surface area contributed by atoms with Crippen molar-refractivity contribution >= 4 is 11.6 Å². The van der Waals surface area contributed by atoms with E-state index in [0.29, 0.717) is 40.0 Å². The van der Waals surface area contributed by atoms with Crippen LogP contribution in [0.15, 0.2) is 45.8 Å². The number of hydrogen-bond acceptors (Lipinski definition) is 9. The van der Waals surface area contributed by atoms with Crippen LogP contribution in [0.3, 0.4) is 0 Å². The minimum atomic E-state index is -0.615. The molecule has 0 saturated carbocycles. The standard InChI is InChI=1S/C18H15N7O4/c1-27-9-5-6-11(28-2)10(8-9)16-13-14(12-4-3-7-29-12)20-21-17(26)15(13)19-18-22-23-24-25(16)18/h3-8,16H,1-2H3,(H,21,26)(H,19,22,24)/t16-/m0/s1. The monoisotopic (exact) mass is 393 g/mol. The number of anilines is 2. The molecule has 4 aromatic rings. The molecule has 5 rings (SSSR count). The maximum Gasteiger partial charge on any atom is 0.288 e. The maximum absolute atomic E-state index is 12.6. The number of furan rings is 1. The highest BCUT2D eigenvalue weighted by Crippen LogP contribution is 2.44. The van der Waals surface area contributed by atoms with Gasteiger partial charge < -0.3 is 19.2 Å². The largest absolute Gasteiger partial charge is 0.497 e. The molecule has 0 radical (unpaired) electrons. The van der Waals surface area contributed by atoms with Crippen LogP contribution in [0.2, 0.25) is 0 Å². The number of methoxy groups -OCH3 is 2. The Bertz CT molecular complexity index is 1250. The highest BCUT2D eigenvalue weighted by atomic mass is 16.5. The number of aromatic nitrogens is 6. The van der Waals surface area contributed by atoms with E-state index in [1.165, 1.54) is 6.26 Å². The molecular weight excluding hydrogens is 378 g/mol. The predicted octanol–water partition coefficient (Wildman–Crippen LogP) is 1.73. The summed E-state index contributed by atoms with van der Waals surface area (Å²) in [5, 5.41) is 21.6. The van der Waals surface area contributed by atoms with Gasteiger partial charge in [-0.05, 0) is 40.8 Å². The molecule has 0 saturated heterocycles. The topological polar surface area (TPSA) is 133 Å². The number of nitrogens with zero attached hydrogens (tertiary/aromatic N) is 5. The van der Waals surface area contributed by atoms with Crippen LogP contribution in [0.1, 0.15) is 17.2 Å². The van der Waals surface area contributed by atoms with Crippen LogP contribution in [-0.4, -0.2) is 44.6 Å². The molecule has 1 aliphatic heterocycles. The predicted molar refractivity (Wildman–Crippen MR) is 100 cm³/mol. The van der Waals surface area contributed by atoms with E-state index in [9.17, 15) is 4.79 Å². The van der Waals surface area contributed by atoms with Gasteiger partial charge in [0.2, 0.25) is 5.95 Å². The lowest BCUT2D eigenvalue weighted by molar-refractivity contribution is 0.392. The summed E-state index contributed by atoms with van der Waals surface area (Å²) < 4.78 is 18.1. The molecule has 4 heterocycles.